The Morgan fingerprint density at radius 3 is 2.17 bits per heavy atom. The molecule has 0 bridgehead atoms. The first kappa shape index (κ1) is 15.4. The van der Waals surface area contributed by atoms with E-state index in [1.165, 1.54) is 71.5 Å². The fourth-order valence-corrected chi connectivity index (χ4v) is 4.24. The van der Waals surface area contributed by atoms with Crippen LogP contribution in [0.25, 0.3) is 0 Å². The normalized spacial score (nSPS) is 27.0. The summed E-state index contributed by atoms with van der Waals surface area (Å²) in [5.41, 5.74) is 0. The van der Waals surface area contributed by atoms with Crippen molar-refractivity contribution in [3.63, 3.8) is 0 Å². The molecule has 2 heterocycles. The second-order valence-electron chi connectivity index (χ2n) is 5.47. The number of halogens is 1. The van der Waals surface area contributed by atoms with Gasteiger partial charge in [-0.1, -0.05) is 11.9 Å². The zero-order valence-corrected chi connectivity index (χ0v) is 14.5. The average Bonchev–Trinajstić information content (AvgIpc) is 2.37. The Kier molecular flexibility index (Phi) is 7.07. The fourth-order valence-electron chi connectivity index (χ4n) is 2.98. The van der Waals surface area contributed by atoms with Crippen molar-refractivity contribution in [1.29, 1.82) is 0 Å². The maximum Gasteiger partial charge on any atom is 0.0201 e. The van der Waals surface area contributed by atoms with Crippen molar-refractivity contribution in [2.24, 2.45) is 5.92 Å². The second kappa shape index (κ2) is 8.29. The average molecular weight is 383 g/mol. The molecular formula is C13H26IN3S. The van der Waals surface area contributed by atoms with E-state index in [1.807, 2.05) is 11.9 Å². The highest BCUT2D eigenvalue weighted by molar-refractivity contribution is 14.1. The van der Waals surface area contributed by atoms with Crippen molar-refractivity contribution < 1.29 is 0 Å². The predicted molar refractivity (Wildman–Crippen MR) is 89.1 cm³/mol. The Morgan fingerprint density at radius 2 is 1.61 bits per heavy atom. The molecule has 0 N–H and O–H groups in total. The lowest BCUT2D eigenvalue weighted by Crippen LogP contribution is -2.39. The molecule has 0 amide bonds. The van der Waals surface area contributed by atoms with Gasteiger partial charge in [0.05, 0.1) is 0 Å². The molecule has 0 radical (unpaired) electrons. The highest BCUT2D eigenvalue weighted by atomic mass is 127. The van der Waals surface area contributed by atoms with Crippen LogP contribution in [-0.2, 0) is 0 Å². The molecule has 18 heavy (non-hydrogen) atoms. The van der Waals surface area contributed by atoms with Crippen LogP contribution in [-0.4, -0.2) is 64.4 Å². The van der Waals surface area contributed by atoms with Crippen LogP contribution in [0.15, 0.2) is 0 Å². The van der Waals surface area contributed by atoms with E-state index in [2.05, 4.69) is 41.4 Å². The molecule has 0 unspecified atom stereocenters. The second-order valence-corrected chi connectivity index (χ2v) is 7.72. The van der Waals surface area contributed by atoms with E-state index in [-0.39, 0.29) is 0 Å². The van der Waals surface area contributed by atoms with Gasteiger partial charge < -0.3 is 4.90 Å². The van der Waals surface area contributed by atoms with Gasteiger partial charge in [-0.3, -0.25) is 4.31 Å². The third-order valence-electron chi connectivity index (χ3n) is 4.10. The van der Waals surface area contributed by atoms with Crippen LogP contribution in [0.5, 0.6) is 0 Å². The van der Waals surface area contributed by atoms with Crippen molar-refractivity contribution in [2.75, 3.05) is 52.1 Å². The van der Waals surface area contributed by atoms with Crippen LogP contribution in [0.3, 0.4) is 0 Å². The molecule has 2 fully saturated rings. The van der Waals surface area contributed by atoms with E-state index in [1.54, 1.807) is 0 Å². The van der Waals surface area contributed by atoms with Crippen LogP contribution in [0.4, 0.5) is 0 Å². The molecular weight excluding hydrogens is 357 g/mol. The van der Waals surface area contributed by atoms with Crippen LogP contribution in [0.1, 0.15) is 25.7 Å². The molecule has 0 aromatic carbocycles. The largest absolute Gasteiger partial charge is 0.303 e. The number of hydrogen-bond donors (Lipinski definition) is 0. The monoisotopic (exact) mass is 383 g/mol. The summed E-state index contributed by atoms with van der Waals surface area (Å²) in [5.74, 6) is 0.948. The molecule has 0 aromatic rings. The standard InChI is InChI=1S/C13H26IN3S/c1-18-17-10-4-13(5-11-17)12-15-6-2-8-16(14)9-3-7-15/h13H,2-12H2,1H3. The van der Waals surface area contributed by atoms with Gasteiger partial charge in [-0.2, -0.15) is 0 Å². The van der Waals surface area contributed by atoms with Crippen molar-refractivity contribution in [3.05, 3.63) is 0 Å². The molecule has 0 aliphatic carbocycles. The lowest BCUT2D eigenvalue weighted by molar-refractivity contribution is 0.171. The number of hydrogen-bond acceptors (Lipinski definition) is 4. The summed E-state index contributed by atoms with van der Waals surface area (Å²) < 4.78 is 4.96. The van der Waals surface area contributed by atoms with Gasteiger partial charge in [-0.25, -0.2) is 3.11 Å². The topological polar surface area (TPSA) is 9.72 Å². The molecule has 0 atom stereocenters. The minimum Gasteiger partial charge on any atom is -0.303 e. The van der Waals surface area contributed by atoms with Crippen LogP contribution < -0.4 is 0 Å². The van der Waals surface area contributed by atoms with E-state index < -0.39 is 0 Å². The first-order valence-corrected chi connectivity index (χ1v) is 9.34. The van der Waals surface area contributed by atoms with Gasteiger partial charge >= 0.3 is 0 Å². The molecule has 106 valence electrons. The zero-order valence-electron chi connectivity index (χ0n) is 11.5. The van der Waals surface area contributed by atoms with Gasteiger partial charge in [0.2, 0.25) is 0 Å². The van der Waals surface area contributed by atoms with Crippen molar-refractivity contribution in [3.8, 4) is 0 Å². The Morgan fingerprint density at radius 1 is 1.00 bits per heavy atom. The van der Waals surface area contributed by atoms with E-state index in [0.29, 0.717) is 0 Å². The minimum absolute atomic E-state index is 0.948. The lowest BCUT2D eigenvalue weighted by Gasteiger charge is -2.35. The highest BCUT2D eigenvalue weighted by Gasteiger charge is 2.21. The molecule has 2 aliphatic heterocycles. The number of piperidine rings is 1. The third kappa shape index (κ3) is 5.15. The van der Waals surface area contributed by atoms with Crippen LogP contribution in [0.2, 0.25) is 0 Å². The molecule has 0 aromatic heterocycles. The van der Waals surface area contributed by atoms with Crippen molar-refractivity contribution in [1.82, 2.24) is 12.3 Å². The van der Waals surface area contributed by atoms with Gasteiger partial charge in [-0.05, 0) is 50.9 Å². The molecule has 0 saturated carbocycles. The van der Waals surface area contributed by atoms with Gasteiger partial charge in [-0.15, -0.1) is 0 Å². The van der Waals surface area contributed by atoms with Gasteiger partial charge in [0, 0.05) is 55.6 Å². The Balaban J connectivity index is 1.69. The maximum atomic E-state index is 2.73. The summed E-state index contributed by atoms with van der Waals surface area (Å²) in [6.07, 6.45) is 7.68. The fraction of sp³-hybridized carbons (Fsp3) is 1.00. The predicted octanol–water partition coefficient (Wildman–Crippen LogP) is 2.72. The quantitative estimate of drug-likeness (QED) is 0.421. The Labute approximate surface area is 130 Å². The van der Waals surface area contributed by atoms with E-state index in [4.69, 9.17) is 0 Å². The first-order valence-electron chi connectivity index (χ1n) is 7.20. The van der Waals surface area contributed by atoms with E-state index >= 15 is 0 Å². The molecule has 2 saturated heterocycles. The molecule has 5 heteroatoms. The van der Waals surface area contributed by atoms with Crippen molar-refractivity contribution >= 4 is 34.8 Å². The molecule has 3 nitrogen and oxygen atoms in total. The number of nitrogens with zero attached hydrogens (tertiary/aromatic N) is 3. The SMILES string of the molecule is CSN1CCC(CN2CCCN(I)CCC2)CC1. The summed E-state index contributed by atoms with van der Waals surface area (Å²) in [6, 6.07) is 0. The maximum absolute atomic E-state index is 2.73. The lowest BCUT2D eigenvalue weighted by atomic mass is 9.97. The first-order chi connectivity index (χ1) is 8.78. The summed E-state index contributed by atoms with van der Waals surface area (Å²) in [4.78, 5) is 2.73. The molecule has 0 spiro atoms. The highest BCUT2D eigenvalue weighted by Crippen LogP contribution is 2.22. The summed E-state index contributed by atoms with van der Waals surface area (Å²) in [6.45, 7) is 9.08. The van der Waals surface area contributed by atoms with Gasteiger partial charge in [0.1, 0.15) is 0 Å². The third-order valence-corrected chi connectivity index (χ3v) is 5.94. The summed E-state index contributed by atoms with van der Waals surface area (Å²) >= 11 is 4.39. The zero-order chi connectivity index (χ0) is 12.8. The Hall–Kier alpha value is 0.960. The summed E-state index contributed by atoms with van der Waals surface area (Å²) in [5, 5.41) is 0. The molecule has 2 aliphatic rings. The smallest absolute Gasteiger partial charge is 0.0201 e. The van der Waals surface area contributed by atoms with Crippen LogP contribution >= 0.6 is 34.8 Å². The van der Waals surface area contributed by atoms with E-state index in [9.17, 15) is 0 Å². The van der Waals surface area contributed by atoms with Crippen LogP contribution in [0, 0.1) is 5.92 Å². The summed E-state index contributed by atoms with van der Waals surface area (Å²) in [7, 11) is 0. The van der Waals surface area contributed by atoms with E-state index in [0.717, 1.165) is 5.92 Å². The minimum atomic E-state index is 0.948. The molecule has 2 rings (SSSR count). The van der Waals surface area contributed by atoms with Gasteiger partial charge in [0.15, 0.2) is 0 Å². The number of rotatable bonds is 3. The van der Waals surface area contributed by atoms with Gasteiger partial charge in [0.25, 0.3) is 0 Å². The van der Waals surface area contributed by atoms with Crippen molar-refractivity contribution in [2.45, 2.75) is 25.7 Å². The Bertz CT molecular complexity index is 224.